The van der Waals surface area contributed by atoms with E-state index >= 15 is 0 Å². The first-order valence-electron chi connectivity index (χ1n) is 8.18. The summed E-state index contributed by atoms with van der Waals surface area (Å²) in [5, 5.41) is 0. The van der Waals surface area contributed by atoms with Crippen LogP contribution in [0.1, 0.15) is 30.9 Å². The number of para-hydroxylation sites is 1. The first-order chi connectivity index (χ1) is 11.1. The highest BCUT2D eigenvalue weighted by Crippen LogP contribution is 2.29. The fourth-order valence-corrected chi connectivity index (χ4v) is 2.59. The van der Waals surface area contributed by atoms with Crippen molar-refractivity contribution in [2.24, 2.45) is 11.7 Å². The molecule has 3 nitrogen and oxygen atoms in total. The van der Waals surface area contributed by atoms with Gasteiger partial charge < -0.3 is 15.2 Å². The van der Waals surface area contributed by atoms with Gasteiger partial charge in [-0.2, -0.15) is 0 Å². The second-order valence-electron chi connectivity index (χ2n) is 6.23. The molecular formula is C20H27NO2. The molecule has 0 radical (unpaired) electrons. The summed E-state index contributed by atoms with van der Waals surface area (Å²) in [5.41, 5.74) is 8.42. The minimum Gasteiger partial charge on any atom is -0.496 e. The van der Waals surface area contributed by atoms with Gasteiger partial charge in [-0.15, -0.1) is 0 Å². The Kier molecular flexibility index (Phi) is 6.48. The molecule has 23 heavy (non-hydrogen) atoms. The number of nitrogens with two attached hydrogens (primary N) is 1. The normalized spacial score (nSPS) is 12.2. The van der Waals surface area contributed by atoms with Crippen LogP contribution in [0.5, 0.6) is 11.5 Å². The van der Waals surface area contributed by atoms with E-state index in [0.29, 0.717) is 12.5 Å². The first kappa shape index (κ1) is 17.4. The van der Waals surface area contributed by atoms with Gasteiger partial charge in [0.1, 0.15) is 11.5 Å². The molecule has 1 unspecified atom stereocenters. The molecule has 0 aliphatic carbocycles. The molecule has 0 fully saturated rings. The summed E-state index contributed by atoms with van der Waals surface area (Å²) in [6.07, 6.45) is 0.890. The maximum absolute atomic E-state index is 6.01. The van der Waals surface area contributed by atoms with Gasteiger partial charge >= 0.3 is 0 Å². The Labute approximate surface area is 139 Å². The van der Waals surface area contributed by atoms with Gasteiger partial charge in [-0.1, -0.05) is 44.2 Å². The number of benzene rings is 2. The third-order valence-corrected chi connectivity index (χ3v) is 3.85. The van der Waals surface area contributed by atoms with Crippen LogP contribution < -0.4 is 15.2 Å². The number of ether oxygens (including phenoxy) is 2. The minimum absolute atomic E-state index is 0.244. The molecule has 0 spiro atoms. The van der Waals surface area contributed by atoms with Crippen molar-refractivity contribution < 1.29 is 9.47 Å². The van der Waals surface area contributed by atoms with E-state index in [1.807, 2.05) is 30.3 Å². The van der Waals surface area contributed by atoms with Crippen molar-refractivity contribution in [1.29, 1.82) is 0 Å². The maximum atomic E-state index is 6.01. The monoisotopic (exact) mass is 313 g/mol. The van der Waals surface area contributed by atoms with E-state index in [9.17, 15) is 0 Å². The largest absolute Gasteiger partial charge is 0.496 e. The molecule has 124 valence electrons. The third-order valence-electron chi connectivity index (χ3n) is 3.85. The fourth-order valence-electron chi connectivity index (χ4n) is 2.59. The van der Waals surface area contributed by atoms with Gasteiger partial charge in [-0.25, -0.2) is 0 Å². The average molecular weight is 313 g/mol. The topological polar surface area (TPSA) is 44.5 Å². The van der Waals surface area contributed by atoms with E-state index in [-0.39, 0.29) is 5.92 Å². The van der Waals surface area contributed by atoms with E-state index in [4.69, 9.17) is 15.2 Å². The first-order valence-corrected chi connectivity index (χ1v) is 8.18. The van der Waals surface area contributed by atoms with Gasteiger partial charge in [0.05, 0.1) is 13.7 Å². The highest BCUT2D eigenvalue weighted by atomic mass is 16.5. The van der Waals surface area contributed by atoms with Crippen molar-refractivity contribution in [2.75, 3.05) is 20.3 Å². The van der Waals surface area contributed by atoms with E-state index in [2.05, 4.69) is 32.0 Å². The number of hydrogen-bond acceptors (Lipinski definition) is 3. The molecule has 0 aromatic heterocycles. The molecule has 2 rings (SSSR count). The second kappa shape index (κ2) is 8.59. The second-order valence-corrected chi connectivity index (χ2v) is 6.23. The van der Waals surface area contributed by atoms with Crippen LogP contribution in [0.15, 0.2) is 48.5 Å². The van der Waals surface area contributed by atoms with Crippen molar-refractivity contribution in [3.05, 3.63) is 59.7 Å². The van der Waals surface area contributed by atoms with Crippen molar-refractivity contribution in [3.63, 3.8) is 0 Å². The summed E-state index contributed by atoms with van der Waals surface area (Å²) in [5.74, 6) is 2.60. The van der Waals surface area contributed by atoms with Gasteiger partial charge in [0, 0.05) is 5.92 Å². The van der Waals surface area contributed by atoms with Crippen LogP contribution in [0.25, 0.3) is 0 Å². The van der Waals surface area contributed by atoms with Gasteiger partial charge in [-0.05, 0) is 48.2 Å². The Morgan fingerprint density at radius 2 is 1.70 bits per heavy atom. The molecule has 2 aromatic carbocycles. The van der Waals surface area contributed by atoms with E-state index < -0.39 is 0 Å². The predicted molar refractivity (Wildman–Crippen MR) is 95.3 cm³/mol. The lowest BCUT2D eigenvalue weighted by atomic mass is 9.91. The van der Waals surface area contributed by atoms with Gasteiger partial charge in [0.2, 0.25) is 0 Å². The molecular weight excluding hydrogens is 286 g/mol. The van der Waals surface area contributed by atoms with Crippen LogP contribution in [0, 0.1) is 5.92 Å². The molecule has 1 atom stereocenters. The Morgan fingerprint density at radius 3 is 2.30 bits per heavy atom. The lowest BCUT2D eigenvalue weighted by Crippen LogP contribution is -2.16. The van der Waals surface area contributed by atoms with Crippen molar-refractivity contribution in [1.82, 2.24) is 0 Å². The van der Waals surface area contributed by atoms with Crippen LogP contribution in [0.2, 0.25) is 0 Å². The summed E-state index contributed by atoms with van der Waals surface area (Å²) in [6.45, 7) is 5.62. The Hall–Kier alpha value is -2.00. The highest BCUT2D eigenvalue weighted by molar-refractivity contribution is 5.38. The minimum atomic E-state index is 0.244. The van der Waals surface area contributed by atoms with E-state index in [0.717, 1.165) is 30.1 Å². The zero-order valence-electron chi connectivity index (χ0n) is 14.3. The summed E-state index contributed by atoms with van der Waals surface area (Å²) in [6, 6.07) is 16.4. The van der Waals surface area contributed by atoms with Crippen LogP contribution >= 0.6 is 0 Å². The number of hydrogen-bond donors (Lipinski definition) is 1. The van der Waals surface area contributed by atoms with Crippen LogP contribution in [0.3, 0.4) is 0 Å². The van der Waals surface area contributed by atoms with Crippen molar-refractivity contribution in [3.8, 4) is 11.5 Å². The molecule has 0 aliphatic rings. The maximum Gasteiger partial charge on any atom is 0.122 e. The Morgan fingerprint density at radius 1 is 1.00 bits per heavy atom. The molecule has 2 N–H and O–H groups in total. The van der Waals surface area contributed by atoms with Crippen LogP contribution in [-0.4, -0.2) is 20.3 Å². The number of methoxy groups -OCH3 is 1. The Balaban J connectivity index is 2.07. The zero-order valence-corrected chi connectivity index (χ0v) is 14.3. The summed E-state index contributed by atoms with van der Waals surface area (Å²) in [4.78, 5) is 0. The predicted octanol–water partition coefficient (Wildman–Crippen LogP) is 4.02. The molecule has 0 bridgehead atoms. The van der Waals surface area contributed by atoms with Gasteiger partial charge in [0.15, 0.2) is 0 Å². The molecule has 0 saturated heterocycles. The summed E-state index contributed by atoms with van der Waals surface area (Å²) in [7, 11) is 1.70. The highest BCUT2D eigenvalue weighted by Gasteiger charge is 2.15. The molecule has 0 heterocycles. The average Bonchev–Trinajstić information content (AvgIpc) is 2.58. The summed E-state index contributed by atoms with van der Waals surface area (Å²) < 4.78 is 11.2. The molecule has 3 heteroatoms. The SMILES string of the molecule is COc1ccccc1C(CN)Cc1ccc(OCC(C)C)cc1. The molecule has 0 amide bonds. The smallest absolute Gasteiger partial charge is 0.122 e. The lowest BCUT2D eigenvalue weighted by molar-refractivity contribution is 0.271. The van der Waals surface area contributed by atoms with E-state index in [1.54, 1.807) is 7.11 Å². The standard InChI is InChI=1S/C20H27NO2/c1-15(2)14-23-18-10-8-16(9-11-18)12-17(13-21)19-6-4-5-7-20(19)22-3/h4-11,15,17H,12-14,21H2,1-3H3. The third kappa shape index (κ3) is 5.00. The van der Waals surface area contributed by atoms with Gasteiger partial charge in [0.25, 0.3) is 0 Å². The van der Waals surface area contributed by atoms with Gasteiger partial charge in [-0.3, -0.25) is 0 Å². The summed E-state index contributed by atoms with van der Waals surface area (Å²) >= 11 is 0. The molecule has 0 saturated carbocycles. The lowest BCUT2D eigenvalue weighted by Gasteiger charge is -2.18. The van der Waals surface area contributed by atoms with Crippen molar-refractivity contribution >= 4 is 0 Å². The Bertz CT molecular complexity index is 593. The van der Waals surface area contributed by atoms with Crippen LogP contribution in [0.4, 0.5) is 0 Å². The zero-order chi connectivity index (χ0) is 16.7. The molecule has 2 aromatic rings. The quantitative estimate of drug-likeness (QED) is 0.800. The van der Waals surface area contributed by atoms with Crippen LogP contribution in [-0.2, 0) is 6.42 Å². The number of rotatable bonds is 8. The van der Waals surface area contributed by atoms with E-state index in [1.165, 1.54) is 5.56 Å². The van der Waals surface area contributed by atoms with Crippen molar-refractivity contribution in [2.45, 2.75) is 26.2 Å². The fraction of sp³-hybridized carbons (Fsp3) is 0.400. The molecule has 0 aliphatic heterocycles.